The number of hydrogen-bond donors (Lipinski definition) is 1. The number of methoxy groups -OCH3 is 1. The number of thiophene rings is 1. The van der Waals surface area contributed by atoms with Crippen molar-refractivity contribution in [1.29, 1.82) is 0 Å². The van der Waals surface area contributed by atoms with Gasteiger partial charge in [0, 0.05) is 23.3 Å². The maximum atomic E-state index is 12.3. The molecule has 1 aromatic carbocycles. The van der Waals surface area contributed by atoms with Gasteiger partial charge in [-0.05, 0) is 23.0 Å². The lowest BCUT2D eigenvalue weighted by molar-refractivity contribution is -0.305. The third kappa shape index (κ3) is 5.17. The number of carboxylic acids is 1. The third-order valence-electron chi connectivity index (χ3n) is 4.05. The summed E-state index contributed by atoms with van der Waals surface area (Å²) in [5.74, 6) is -2.37. The van der Waals surface area contributed by atoms with Gasteiger partial charge in [0.2, 0.25) is 5.91 Å². The Balaban J connectivity index is 2.35. The van der Waals surface area contributed by atoms with Crippen molar-refractivity contribution in [3.8, 4) is 11.1 Å². The summed E-state index contributed by atoms with van der Waals surface area (Å²) < 4.78 is 4.87. The second-order valence-electron chi connectivity index (χ2n) is 7.09. The van der Waals surface area contributed by atoms with Gasteiger partial charge in [0.05, 0.1) is 7.11 Å². The molecule has 0 aliphatic rings. The van der Waals surface area contributed by atoms with Crippen molar-refractivity contribution in [2.24, 2.45) is 0 Å². The summed E-state index contributed by atoms with van der Waals surface area (Å²) in [5, 5.41) is 15.2. The molecule has 0 unspecified atom stereocenters. The first-order valence-corrected chi connectivity index (χ1v) is 9.32. The van der Waals surface area contributed by atoms with Crippen molar-refractivity contribution >= 4 is 34.2 Å². The van der Waals surface area contributed by atoms with Crippen molar-refractivity contribution in [3.05, 3.63) is 40.8 Å². The second kappa shape index (κ2) is 8.35. The number of rotatable bonds is 6. The summed E-state index contributed by atoms with van der Waals surface area (Å²) in [6.45, 7) is 6.35. The quantitative estimate of drug-likeness (QED) is 0.768. The van der Waals surface area contributed by atoms with Crippen LogP contribution in [0.2, 0.25) is 0 Å². The molecular formula is C20H22NO5S-. The van der Waals surface area contributed by atoms with Gasteiger partial charge in [0.15, 0.2) is 0 Å². The molecule has 0 aliphatic heterocycles. The molecule has 2 aromatic rings. The van der Waals surface area contributed by atoms with Crippen LogP contribution in [0.5, 0.6) is 0 Å². The van der Waals surface area contributed by atoms with Crippen LogP contribution in [0.15, 0.2) is 29.6 Å². The van der Waals surface area contributed by atoms with E-state index in [9.17, 15) is 19.5 Å². The zero-order valence-electron chi connectivity index (χ0n) is 15.8. The number of anilines is 1. The lowest BCUT2D eigenvalue weighted by atomic mass is 9.86. The van der Waals surface area contributed by atoms with Gasteiger partial charge < -0.3 is 20.0 Å². The van der Waals surface area contributed by atoms with E-state index in [1.54, 1.807) is 5.38 Å². The summed E-state index contributed by atoms with van der Waals surface area (Å²) in [4.78, 5) is 34.7. The molecule has 7 heteroatoms. The summed E-state index contributed by atoms with van der Waals surface area (Å²) in [6.07, 6.45) is -0.609. The average Bonchev–Trinajstić information content (AvgIpc) is 3.02. The molecule has 0 radical (unpaired) electrons. The molecule has 1 amide bonds. The normalized spacial score (nSPS) is 11.1. The Hall–Kier alpha value is -2.67. The highest BCUT2D eigenvalue weighted by atomic mass is 32.1. The van der Waals surface area contributed by atoms with E-state index in [2.05, 4.69) is 26.1 Å². The Bertz CT molecular complexity index is 846. The van der Waals surface area contributed by atoms with E-state index in [1.165, 1.54) is 18.4 Å². The number of carbonyl (C=O) groups is 3. The minimum Gasteiger partial charge on any atom is -0.550 e. The highest BCUT2D eigenvalue weighted by molar-refractivity contribution is 7.15. The molecule has 1 heterocycles. The first-order valence-electron chi connectivity index (χ1n) is 8.44. The van der Waals surface area contributed by atoms with E-state index in [-0.39, 0.29) is 23.8 Å². The van der Waals surface area contributed by atoms with Crippen LogP contribution in [0, 0.1) is 0 Å². The summed E-state index contributed by atoms with van der Waals surface area (Å²) in [7, 11) is 1.27. The van der Waals surface area contributed by atoms with Crippen LogP contribution in [0.4, 0.5) is 5.00 Å². The first-order chi connectivity index (χ1) is 12.6. The average molecular weight is 388 g/mol. The van der Waals surface area contributed by atoms with Gasteiger partial charge in [0.1, 0.15) is 10.6 Å². The van der Waals surface area contributed by atoms with Crippen LogP contribution in [0.3, 0.4) is 0 Å². The zero-order chi connectivity index (χ0) is 20.2. The summed E-state index contributed by atoms with van der Waals surface area (Å²) in [6, 6.07) is 7.87. The number of aliphatic carboxylic acids is 1. The summed E-state index contributed by atoms with van der Waals surface area (Å²) >= 11 is 1.19. The maximum absolute atomic E-state index is 12.3. The number of ether oxygens (including phenoxy) is 1. The molecule has 0 bridgehead atoms. The second-order valence-corrected chi connectivity index (χ2v) is 7.97. The number of carboxylic acid groups (broad SMARTS) is 1. The minimum atomic E-state index is -1.30. The maximum Gasteiger partial charge on any atom is 0.341 e. The SMILES string of the molecule is COC(=O)c1c(-c2ccc(C(C)(C)C)cc2)csc1NC(=O)CCC(=O)[O-]. The van der Waals surface area contributed by atoms with E-state index in [0.717, 1.165) is 11.1 Å². The topological polar surface area (TPSA) is 95.5 Å². The number of hydrogen-bond acceptors (Lipinski definition) is 6. The van der Waals surface area contributed by atoms with Crippen molar-refractivity contribution < 1.29 is 24.2 Å². The third-order valence-corrected chi connectivity index (χ3v) is 4.95. The van der Waals surface area contributed by atoms with Crippen LogP contribution in [-0.4, -0.2) is 25.0 Å². The van der Waals surface area contributed by atoms with Gasteiger partial charge in [-0.1, -0.05) is 45.0 Å². The van der Waals surface area contributed by atoms with E-state index in [0.29, 0.717) is 10.6 Å². The van der Waals surface area contributed by atoms with Gasteiger partial charge in [-0.25, -0.2) is 4.79 Å². The van der Waals surface area contributed by atoms with Gasteiger partial charge >= 0.3 is 5.97 Å². The molecule has 0 saturated heterocycles. The van der Waals surface area contributed by atoms with Crippen molar-refractivity contribution in [2.45, 2.75) is 39.0 Å². The number of esters is 1. The predicted octanol–water partition coefficient (Wildman–Crippen LogP) is 2.97. The van der Waals surface area contributed by atoms with Crippen LogP contribution >= 0.6 is 11.3 Å². The van der Waals surface area contributed by atoms with Gasteiger partial charge in [-0.3, -0.25) is 4.79 Å². The molecule has 0 atom stereocenters. The highest BCUT2D eigenvalue weighted by Gasteiger charge is 2.23. The molecule has 0 spiro atoms. The van der Waals surface area contributed by atoms with Crippen molar-refractivity contribution in [1.82, 2.24) is 0 Å². The molecular weight excluding hydrogens is 366 g/mol. The van der Waals surface area contributed by atoms with E-state index < -0.39 is 17.8 Å². The molecule has 6 nitrogen and oxygen atoms in total. The fourth-order valence-corrected chi connectivity index (χ4v) is 3.50. The Morgan fingerprint density at radius 3 is 2.26 bits per heavy atom. The Morgan fingerprint density at radius 2 is 1.74 bits per heavy atom. The molecule has 2 rings (SSSR count). The lowest BCUT2D eigenvalue weighted by Gasteiger charge is -2.19. The molecule has 1 N–H and O–H groups in total. The smallest absolute Gasteiger partial charge is 0.341 e. The van der Waals surface area contributed by atoms with E-state index in [1.807, 2.05) is 24.3 Å². The zero-order valence-corrected chi connectivity index (χ0v) is 16.6. The van der Waals surface area contributed by atoms with Crippen LogP contribution in [-0.2, 0) is 19.7 Å². The molecule has 144 valence electrons. The highest BCUT2D eigenvalue weighted by Crippen LogP contribution is 2.37. The minimum absolute atomic E-state index is 0.0104. The predicted molar refractivity (Wildman–Crippen MR) is 103 cm³/mol. The lowest BCUT2D eigenvalue weighted by Crippen LogP contribution is -2.24. The van der Waals surface area contributed by atoms with Crippen LogP contribution in [0.25, 0.3) is 11.1 Å². The van der Waals surface area contributed by atoms with Crippen molar-refractivity contribution in [2.75, 3.05) is 12.4 Å². The molecule has 0 aliphatic carbocycles. The molecule has 0 saturated carbocycles. The number of amides is 1. The van der Waals surface area contributed by atoms with Crippen molar-refractivity contribution in [3.63, 3.8) is 0 Å². The monoisotopic (exact) mass is 388 g/mol. The Labute approximate surface area is 162 Å². The number of nitrogens with one attached hydrogen (secondary N) is 1. The largest absolute Gasteiger partial charge is 0.550 e. The van der Waals surface area contributed by atoms with Gasteiger partial charge in [-0.15, -0.1) is 11.3 Å². The standard InChI is InChI=1S/C20H23NO5S/c1-20(2,3)13-7-5-12(6-8-13)14-11-27-18(17(14)19(25)26-4)21-15(22)9-10-16(23)24/h5-8,11H,9-10H2,1-4H3,(H,21,22)(H,23,24)/p-1. The molecule has 1 aromatic heterocycles. The Morgan fingerprint density at radius 1 is 1.11 bits per heavy atom. The van der Waals surface area contributed by atoms with E-state index >= 15 is 0 Å². The number of benzene rings is 1. The fraction of sp³-hybridized carbons (Fsp3) is 0.350. The van der Waals surface area contributed by atoms with Gasteiger partial charge in [-0.2, -0.15) is 0 Å². The van der Waals surface area contributed by atoms with Crippen LogP contribution < -0.4 is 10.4 Å². The fourth-order valence-electron chi connectivity index (χ4n) is 2.52. The van der Waals surface area contributed by atoms with Gasteiger partial charge in [0.25, 0.3) is 0 Å². The summed E-state index contributed by atoms with van der Waals surface area (Å²) in [5.41, 5.74) is 2.92. The Kier molecular flexibility index (Phi) is 6.38. The molecule has 0 fully saturated rings. The van der Waals surface area contributed by atoms with Crippen LogP contribution in [0.1, 0.15) is 49.5 Å². The number of carbonyl (C=O) groups excluding carboxylic acids is 3. The first kappa shape index (κ1) is 20.6. The molecule has 27 heavy (non-hydrogen) atoms. The van der Waals surface area contributed by atoms with E-state index in [4.69, 9.17) is 4.74 Å².